The Hall–Kier alpha value is -3.60. The van der Waals surface area contributed by atoms with Crippen molar-refractivity contribution in [3.63, 3.8) is 0 Å². The van der Waals surface area contributed by atoms with Gasteiger partial charge in [0.1, 0.15) is 5.75 Å². The number of carbonyl (C=O) groups excluding carboxylic acids is 2. The summed E-state index contributed by atoms with van der Waals surface area (Å²) in [5.41, 5.74) is 4.08. The van der Waals surface area contributed by atoms with E-state index in [9.17, 15) is 14.7 Å². The summed E-state index contributed by atoms with van der Waals surface area (Å²) in [5, 5.41) is 13.6. The molecule has 0 radical (unpaired) electrons. The molecule has 4 aromatic rings. The van der Waals surface area contributed by atoms with Crippen molar-refractivity contribution in [1.82, 2.24) is 10.3 Å². The predicted molar refractivity (Wildman–Crippen MR) is 94.7 cm³/mol. The zero-order chi connectivity index (χ0) is 17.1. The van der Waals surface area contributed by atoms with Crippen LogP contribution < -0.4 is 5.32 Å². The highest BCUT2D eigenvalue weighted by molar-refractivity contribution is 6.31. The van der Waals surface area contributed by atoms with Gasteiger partial charge in [-0.3, -0.25) is 14.9 Å². The number of aromatic hydroxyl groups is 1. The van der Waals surface area contributed by atoms with Crippen molar-refractivity contribution in [2.75, 3.05) is 0 Å². The van der Waals surface area contributed by atoms with Crippen LogP contribution in [0.15, 0.2) is 54.6 Å². The third kappa shape index (κ3) is 1.83. The quantitative estimate of drug-likeness (QED) is 0.467. The summed E-state index contributed by atoms with van der Waals surface area (Å²) < 4.78 is 0. The highest BCUT2D eigenvalue weighted by atomic mass is 16.3. The summed E-state index contributed by atoms with van der Waals surface area (Å²) >= 11 is 0. The second kappa shape index (κ2) is 4.70. The lowest BCUT2D eigenvalue weighted by Gasteiger charge is -2.07. The monoisotopic (exact) mass is 328 g/mol. The number of nitrogens with one attached hydrogen (secondary N) is 2. The van der Waals surface area contributed by atoms with Crippen LogP contribution in [0.1, 0.15) is 20.7 Å². The van der Waals surface area contributed by atoms with Crippen molar-refractivity contribution < 1.29 is 14.7 Å². The second-order valence-corrected chi connectivity index (χ2v) is 6.10. The maximum Gasteiger partial charge on any atom is 0.259 e. The van der Waals surface area contributed by atoms with Crippen LogP contribution >= 0.6 is 0 Å². The molecule has 0 atom stereocenters. The number of H-pyrrole nitrogens is 1. The van der Waals surface area contributed by atoms with Crippen LogP contribution in [0.4, 0.5) is 0 Å². The number of carbonyl (C=O) groups is 2. The van der Waals surface area contributed by atoms with Crippen molar-refractivity contribution in [2.45, 2.75) is 0 Å². The molecule has 1 aromatic heterocycles. The molecule has 25 heavy (non-hydrogen) atoms. The van der Waals surface area contributed by atoms with E-state index in [1.807, 2.05) is 30.3 Å². The first-order chi connectivity index (χ1) is 12.1. The molecular weight excluding hydrogens is 316 g/mol. The Kier molecular flexibility index (Phi) is 2.60. The van der Waals surface area contributed by atoms with Gasteiger partial charge in [0.05, 0.1) is 16.6 Å². The van der Waals surface area contributed by atoms with Crippen LogP contribution in [0, 0.1) is 0 Å². The standard InChI is InChI=1S/C20H12N2O3/c23-11-6-7-15-13(8-11)16-17-14(19(24)22-20(17)25)9-12(18(16)21-15)10-4-2-1-3-5-10/h1-9,21,23H,(H,22,24,25). The van der Waals surface area contributed by atoms with Crippen molar-refractivity contribution in [3.05, 3.63) is 65.7 Å². The van der Waals surface area contributed by atoms with Crippen molar-refractivity contribution in [3.8, 4) is 16.9 Å². The van der Waals surface area contributed by atoms with Gasteiger partial charge < -0.3 is 10.1 Å². The minimum Gasteiger partial charge on any atom is -0.508 e. The number of aromatic amines is 1. The zero-order valence-electron chi connectivity index (χ0n) is 13.0. The molecule has 5 rings (SSSR count). The van der Waals surface area contributed by atoms with E-state index < -0.39 is 11.8 Å². The van der Waals surface area contributed by atoms with E-state index in [2.05, 4.69) is 10.3 Å². The molecule has 2 heterocycles. The van der Waals surface area contributed by atoms with E-state index in [4.69, 9.17) is 0 Å². The lowest BCUT2D eigenvalue weighted by molar-refractivity contribution is 0.0880. The molecule has 2 amide bonds. The molecule has 0 spiro atoms. The first-order valence-electron chi connectivity index (χ1n) is 7.86. The van der Waals surface area contributed by atoms with Crippen molar-refractivity contribution in [1.29, 1.82) is 0 Å². The van der Waals surface area contributed by atoms with Crippen molar-refractivity contribution in [2.24, 2.45) is 0 Å². The van der Waals surface area contributed by atoms with E-state index in [1.54, 1.807) is 24.3 Å². The van der Waals surface area contributed by atoms with Crippen LogP contribution in [0.5, 0.6) is 5.75 Å². The number of rotatable bonds is 1. The lowest BCUT2D eigenvalue weighted by Crippen LogP contribution is -2.19. The number of imide groups is 1. The Labute approximate surface area is 141 Å². The predicted octanol–water partition coefficient (Wildman–Crippen LogP) is 3.58. The fourth-order valence-electron chi connectivity index (χ4n) is 3.56. The number of benzene rings is 3. The van der Waals surface area contributed by atoms with Crippen LogP contribution in [-0.4, -0.2) is 21.9 Å². The average Bonchev–Trinajstić information content (AvgIpc) is 3.12. The first-order valence-corrected chi connectivity index (χ1v) is 7.86. The lowest BCUT2D eigenvalue weighted by atomic mass is 9.95. The summed E-state index contributed by atoms with van der Waals surface area (Å²) in [6.07, 6.45) is 0. The molecule has 1 aliphatic heterocycles. The Morgan fingerprint density at radius 3 is 2.44 bits per heavy atom. The first kappa shape index (κ1) is 13.8. The minimum absolute atomic E-state index is 0.108. The Morgan fingerprint density at radius 1 is 0.840 bits per heavy atom. The minimum atomic E-state index is -0.408. The molecule has 1 aliphatic rings. The second-order valence-electron chi connectivity index (χ2n) is 6.10. The summed E-state index contributed by atoms with van der Waals surface area (Å²) in [5.74, 6) is -0.695. The zero-order valence-corrected chi connectivity index (χ0v) is 13.0. The number of phenolic OH excluding ortho intramolecular Hbond substituents is 1. The van der Waals surface area contributed by atoms with Gasteiger partial charge in [-0.05, 0) is 29.8 Å². The molecule has 5 heteroatoms. The molecule has 3 aromatic carbocycles. The number of hydrogen-bond donors (Lipinski definition) is 3. The summed E-state index contributed by atoms with van der Waals surface area (Å²) in [7, 11) is 0. The Morgan fingerprint density at radius 2 is 1.64 bits per heavy atom. The van der Waals surface area contributed by atoms with Crippen LogP contribution in [0.3, 0.4) is 0 Å². The Bertz CT molecular complexity index is 1210. The molecule has 3 N–H and O–H groups in total. The van der Waals surface area contributed by atoms with Gasteiger partial charge in [-0.25, -0.2) is 0 Å². The molecule has 0 unspecified atom stereocenters. The number of fused-ring (bicyclic) bond motifs is 5. The van der Waals surface area contributed by atoms with Gasteiger partial charge in [0.25, 0.3) is 11.8 Å². The third-order valence-electron chi connectivity index (χ3n) is 4.64. The summed E-state index contributed by atoms with van der Waals surface area (Å²) in [6.45, 7) is 0. The van der Waals surface area contributed by atoms with Gasteiger partial charge in [0.2, 0.25) is 0 Å². The van der Waals surface area contributed by atoms with E-state index in [0.717, 1.165) is 22.2 Å². The fourth-order valence-corrected chi connectivity index (χ4v) is 3.56. The highest BCUT2D eigenvalue weighted by Crippen LogP contribution is 2.39. The normalized spacial score (nSPS) is 13.4. The maximum atomic E-state index is 12.4. The molecule has 0 saturated heterocycles. The van der Waals surface area contributed by atoms with Crippen molar-refractivity contribution >= 4 is 33.6 Å². The fraction of sp³-hybridized carbons (Fsp3) is 0. The molecule has 0 aliphatic carbocycles. The molecule has 120 valence electrons. The topological polar surface area (TPSA) is 82.2 Å². The largest absolute Gasteiger partial charge is 0.508 e. The molecule has 0 bridgehead atoms. The van der Waals surface area contributed by atoms with Crippen LogP contribution in [0.2, 0.25) is 0 Å². The van der Waals surface area contributed by atoms with Gasteiger partial charge in [-0.2, -0.15) is 0 Å². The smallest absolute Gasteiger partial charge is 0.259 e. The van der Waals surface area contributed by atoms with E-state index in [0.29, 0.717) is 21.9 Å². The van der Waals surface area contributed by atoms with Gasteiger partial charge in [-0.1, -0.05) is 30.3 Å². The van der Waals surface area contributed by atoms with E-state index in [1.165, 1.54) is 0 Å². The maximum absolute atomic E-state index is 12.4. The average molecular weight is 328 g/mol. The van der Waals surface area contributed by atoms with Gasteiger partial charge in [0.15, 0.2) is 0 Å². The van der Waals surface area contributed by atoms with Crippen LogP contribution in [0.25, 0.3) is 32.9 Å². The highest BCUT2D eigenvalue weighted by Gasteiger charge is 2.32. The third-order valence-corrected chi connectivity index (χ3v) is 4.64. The number of aromatic nitrogens is 1. The molecule has 0 fully saturated rings. The number of phenols is 1. The van der Waals surface area contributed by atoms with Gasteiger partial charge in [0, 0.05) is 21.9 Å². The molecule has 0 saturated carbocycles. The number of amides is 2. The molecule has 5 nitrogen and oxygen atoms in total. The SMILES string of the molecule is O=C1NC(=O)c2c1cc(-c1ccccc1)c1[nH]c3ccc(O)cc3c21. The Balaban J connectivity index is 2.02. The summed E-state index contributed by atoms with van der Waals surface area (Å²) in [6, 6.07) is 16.4. The molecular formula is C20H12N2O3. The van der Waals surface area contributed by atoms with Crippen LogP contribution in [-0.2, 0) is 0 Å². The van der Waals surface area contributed by atoms with E-state index in [-0.39, 0.29) is 5.75 Å². The van der Waals surface area contributed by atoms with E-state index >= 15 is 0 Å². The van der Waals surface area contributed by atoms with Gasteiger partial charge >= 0.3 is 0 Å². The number of hydrogen-bond acceptors (Lipinski definition) is 3. The summed E-state index contributed by atoms with van der Waals surface area (Å²) in [4.78, 5) is 27.9. The van der Waals surface area contributed by atoms with Gasteiger partial charge in [-0.15, -0.1) is 0 Å².